The van der Waals surface area contributed by atoms with Gasteiger partial charge in [-0.2, -0.15) is 0 Å². The summed E-state index contributed by atoms with van der Waals surface area (Å²) < 4.78 is 39.6. The first-order valence-electron chi connectivity index (χ1n) is 31.4. The second-order valence-corrected chi connectivity index (χ2v) is 21.9. The summed E-state index contributed by atoms with van der Waals surface area (Å²) in [6, 6.07) is 0. The number of carbonyl (C=O) groups is 3. The molecule has 0 aromatic heterocycles. The lowest BCUT2D eigenvalue weighted by molar-refractivity contribution is -0.161. The molecule has 0 spiro atoms. The molecule has 0 bridgehead atoms. The molecule has 0 rings (SSSR count). The molecule has 0 aromatic carbocycles. The monoisotopic (exact) mass is 1140 g/mol. The highest BCUT2D eigenvalue weighted by Crippen LogP contribution is 2.43. The van der Waals surface area contributed by atoms with Gasteiger partial charge in [0, 0.05) is 19.3 Å². The Morgan fingerprint density at radius 2 is 0.650 bits per heavy atom. The molecular formula is C68H113O11P. The summed E-state index contributed by atoms with van der Waals surface area (Å²) in [7, 11) is -4.77. The zero-order valence-electron chi connectivity index (χ0n) is 50.5. The highest BCUT2D eigenvalue weighted by Gasteiger charge is 2.28. The predicted molar refractivity (Wildman–Crippen MR) is 334 cm³/mol. The van der Waals surface area contributed by atoms with Crippen LogP contribution in [0.1, 0.15) is 252 Å². The number of phosphoric ester groups is 1. The minimum atomic E-state index is -4.77. The van der Waals surface area contributed by atoms with E-state index in [9.17, 15) is 28.9 Å². The topological polar surface area (TPSA) is 155 Å². The molecule has 0 aliphatic carbocycles. The molecule has 11 nitrogen and oxygen atoms in total. The lowest BCUT2D eigenvalue weighted by Gasteiger charge is -2.21. The second-order valence-electron chi connectivity index (χ2n) is 20.5. The molecule has 0 aliphatic rings. The number of ether oxygens (including phenoxy) is 3. The van der Waals surface area contributed by atoms with Gasteiger partial charge in [0.1, 0.15) is 12.7 Å². The van der Waals surface area contributed by atoms with Gasteiger partial charge in [0.2, 0.25) is 0 Å². The Hall–Kier alpha value is -4.12. The number of unbranched alkanes of at least 4 members (excludes halogenated alkanes) is 20. The number of carbonyl (C=O) groups excluding carboxylic acids is 3. The van der Waals surface area contributed by atoms with Crippen molar-refractivity contribution in [2.45, 2.75) is 264 Å². The van der Waals surface area contributed by atoms with Gasteiger partial charge < -0.3 is 24.2 Å². The van der Waals surface area contributed by atoms with E-state index in [4.69, 9.17) is 23.3 Å². The van der Waals surface area contributed by atoms with E-state index in [2.05, 4.69) is 142 Å². The molecule has 0 aliphatic heterocycles. The first kappa shape index (κ1) is 75.9. The number of esters is 3. The molecule has 3 atom stereocenters. The Bertz CT molecular complexity index is 1800. The number of aliphatic hydroxyl groups excluding tert-OH is 1. The van der Waals surface area contributed by atoms with Crippen LogP contribution >= 0.6 is 7.82 Å². The van der Waals surface area contributed by atoms with Gasteiger partial charge in [-0.25, -0.2) is 4.57 Å². The van der Waals surface area contributed by atoms with Crippen LogP contribution < -0.4 is 0 Å². The van der Waals surface area contributed by atoms with Crippen molar-refractivity contribution >= 4 is 25.7 Å². The minimum Gasteiger partial charge on any atom is -0.462 e. The molecule has 0 fully saturated rings. The quantitative estimate of drug-likeness (QED) is 0.0197. The smallest absolute Gasteiger partial charge is 0.462 e. The van der Waals surface area contributed by atoms with E-state index in [1.165, 1.54) is 38.5 Å². The van der Waals surface area contributed by atoms with Crippen molar-refractivity contribution in [2.24, 2.45) is 0 Å². The van der Waals surface area contributed by atoms with Gasteiger partial charge in [0.05, 0.1) is 19.8 Å². The second kappa shape index (κ2) is 61.0. The molecule has 0 radical (unpaired) electrons. The van der Waals surface area contributed by atoms with Crippen molar-refractivity contribution in [2.75, 3.05) is 26.4 Å². The first-order valence-corrected chi connectivity index (χ1v) is 32.9. The minimum absolute atomic E-state index is 0.142. The van der Waals surface area contributed by atoms with Gasteiger partial charge >= 0.3 is 25.7 Å². The maximum atomic E-state index is 13.0. The Morgan fingerprint density at radius 3 is 1.00 bits per heavy atom. The van der Waals surface area contributed by atoms with Gasteiger partial charge in [0.25, 0.3) is 0 Å². The number of rotatable bonds is 57. The van der Waals surface area contributed by atoms with Crippen LogP contribution in [0, 0.1) is 0 Å². The van der Waals surface area contributed by atoms with Crippen LogP contribution in [0.4, 0.5) is 0 Å². The fraction of sp³-hybridized carbons (Fsp3) is 0.662. The van der Waals surface area contributed by atoms with E-state index in [1.54, 1.807) is 0 Å². The highest BCUT2D eigenvalue weighted by molar-refractivity contribution is 7.47. The van der Waals surface area contributed by atoms with Crippen molar-refractivity contribution in [1.29, 1.82) is 0 Å². The normalized spacial score (nSPS) is 14.1. The first-order chi connectivity index (χ1) is 39.2. The standard InChI is InChI=1S/C68H113O11P/c1-4-7-10-13-16-19-22-25-28-31-32-35-38-41-44-47-50-53-56-59-68(72)79-65(61-75-66(70)57-54-51-48-45-42-39-36-33-29-26-23-20-17-14-11-8-5-2)63-77-80(73,74)76-62-64(60-69)78-67(71)58-55-52-49-46-43-40-37-34-30-27-24-21-18-15-12-9-6-3/h7,9-10,12,16-21,25-30,32,35,37,40,64-65,69H,4-6,8,11,13-15,22-24,31,33-34,36,38-39,41-63H2,1-3H3,(H,73,74)/b10-7-,12-9-,19-16-,20-17-,21-18-,28-25-,29-26-,30-27-,35-32-,40-37-. The fourth-order valence-electron chi connectivity index (χ4n) is 8.13. The van der Waals surface area contributed by atoms with Gasteiger partial charge in [-0.05, 0) is 128 Å². The highest BCUT2D eigenvalue weighted by atomic mass is 31.2. The molecule has 0 saturated carbocycles. The number of allylic oxidation sites excluding steroid dienone is 20. The van der Waals surface area contributed by atoms with E-state index >= 15 is 0 Å². The largest absolute Gasteiger partial charge is 0.472 e. The number of hydrogen-bond donors (Lipinski definition) is 2. The molecule has 2 N–H and O–H groups in total. The molecule has 3 unspecified atom stereocenters. The van der Waals surface area contributed by atoms with Crippen LogP contribution in [0.3, 0.4) is 0 Å². The van der Waals surface area contributed by atoms with Crippen LogP contribution in [-0.4, -0.2) is 66.5 Å². The lowest BCUT2D eigenvalue weighted by atomic mass is 10.1. The SMILES string of the molecule is CC/C=C\C/C=C\C/C=C\C/C=C\CCCCCCCCC(=O)OC(COC(=O)CCCCCCCCC/C=C\C/C=C\CCCCC)COP(=O)(O)OCC(CO)OC(=O)CCCCCC/C=C\C/C=C\C/C=C\C/C=C\CC. The summed E-state index contributed by atoms with van der Waals surface area (Å²) in [6.07, 6.45) is 75.7. The van der Waals surface area contributed by atoms with E-state index in [1.807, 2.05) is 0 Å². The van der Waals surface area contributed by atoms with E-state index in [-0.39, 0.29) is 25.9 Å². The maximum Gasteiger partial charge on any atom is 0.472 e. The van der Waals surface area contributed by atoms with Crippen LogP contribution in [0.5, 0.6) is 0 Å². The molecular weight excluding hydrogens is 1020 g/mol. The molecule has 80 heavy (non-hydrogen) atoms. The summed E-state index contributed by atoms with van der Waals surface area (Å²) in [4.78, 5) is 48.7. The Balaban J connectivity index is 4.79. The molecule has 0 heterocycles. The van der Waals surface area contributed by atoms with Crippen molar-refractivity contribution in [3.63, 3.8) is 0 Å². The average Bonchev–Trinajstić information content (AvgIpc) is 3.45. The summed E-state index contributed by atoms with van der Waals surface area (Å²) in [5.74, 6) is -1.52. The number of aliphatic hydroxyl groups is 1. The summed E-state index contributed by atoms with van der Waals surface area (Å²) >= 11 is 0. The van der Waals surface area contributed by atoms with E-state index in [0.717, 1.165) is 154 Å². The molecule has 0 amide bonds. The van der Waals surface area contributed by atoms with Crippen LogP contribution in [0.25, 0.3) is 0 Å². The van der Waals surface area contributed by atoms with Gasteiger partial charge in [-0.1, -0.05) is 226 Å². The molecule has 0 aromatic rings. The van der Waals surface area contributed by atoms with Crippen LogP contribution in [0.2, 0.25) is 0 Å². The maximum absolute atomic E-state index is 13.0. The third-order valence-electron chi connectivity index (χ3n) is 12.8. The number of hydrogen-bond acceptors (Lipinski definition) is 10. The van der Waals surface area contributed by atoms with Gasteiger partial charge in [-0.3, -0.25) is 23.4 Å². The van der Waals surface area contributed by atoms with E-state index in [0.29, 0.717) is 19.3 Å². The third kappa shape index (κ3) is 58.5. The van der Waals surface area contributed by atoms with Gasteiger partial charge in [0.15, 0.2) is 6.10 Å². The summed E-state index contributed by atoms with van der Waals surface area (Å²) in [5, 5.41) is 9.85. The summed E-state index contributed by atoms with van der Waals surface area (Å²) in [5.41, 5.74) is 0. The Labute approximate surface area is 487 Å². The third-order valence-corrected chi connectivity index (χ3v) is 13.8. The predicted octanol–water partition coefficient (Wildman–Crippen LogP) is 19.1. The summed E-state index contributed by atoms with van der Waals surface area (Å²) in [6.45, 7) is 4.35. The van der Waals surface area contributed by atoms with E-state index < -0.39 is 57.8 Å². The Kier molecular flexibility index (Phi) is 57.8. The fourth-order valence-corrected chi connectivity index (χ4v) is 8.92. The van der Waals surface area contributed by atoms with Gasteiger partial charge in [-0.15, -0.1) is 0 Å². The van der Waals surface area contributed by atoms with Crippen molar-refractivity contribution in [3.8, 4) is 0 Å². The molecule has 12 heteroatoms. The van der Waals surface area contributed by atoms with Crippen molar-refractivity contribution in [1.82, 2.24) is 0 Å². The molecule has 456 valence electrons. The number of phosphoric acid groups is 1. The zero-order chi connectivity index (χ0) is 58.3. The van der Waals surface area contributed by atoms with Crippen molar-refractivity contribution in [3.05, 3.63) is 122 Å². The average molecular weight is 1140 g/mol. The van der Waals surface area contributed by atoms with Crippen LogP contribution in [-0.2, 0) is 42.2 Å². The Morgan fingerprint density at radius 1 is 0.362 bits per heavy atom. The van der Waals surface area contributed by atoms with Crippen LogP contribution in [0.15, 0.2) is 122 Å². The lowest BCUT2D eigenvalue weighted by Crippen LogP contribution is -2.30. The molecule has 0 saturated heterocycles. The van der Waals surface area contributed by atoms with Crippen molar-refractivity contribution < 1.29 is 52.2 Å². The zero-order valence-corrected chi connectivity index (χ0v) is 51.4.